The standard InChI is InChI=1S/C18H20ClFN4O/c19-16-3-1-2-4-17(16)22-18(25)13-24-7-5-23(6-8-24)12-14-9-15(20)11-21-10-14/h1-4,9-11H,5-8,12-13H2,(H,22,25). The molecule has 0 aliphatic carbocycles. The van der Waals surface area contributed by atoms with E-state index in [1.807, 2.05) is 12.1 Å². The van der Waals surface area contributed by atoms with Crippen LogP contribution in [0.5, 0.6) is 0 Å². The Labute approximate surface area is 151 Å². The molecule has 1 N–H and O–H groups in total. The van der Waals surface area contributed by atoms with Gasteiger partial charge in [-0.1, -0.05) is 23.7 Å². The van der Waals surface area contributed by atoms with E-state index in [2.05, 4.69) is 20.1 Å². The van der Waals surface area contributed by atoms with E-state index in [0.717, 1.165) is 31.7 Å². The first-order chi connectivity index (χ1) is 12.1. The van der Waals surface area contributed by atoms with Gasteiger partial charge in [0.05, 0.1) is 23.5 Å². The van der Waals surface area contributed by atoms with Gasteiger partial charge in [-0.25, -0.2) is 4.39 Å². The highest BCUT2D eigenvalue weighted by atomic mass is 35.5. The van der Waals surface area contributed by atoms with E-state index in [1.165, 1.54) is 12.3 Å². The van der Waals surface area contributed by atoms with Gasteiger partial charge in [0.15, 0.2) is 0 Å². The van der Waals surface area contributed by atoms with Crippen LogP contribution in [-0.4, -0.2) is 53.4 Å². The van der Waals surface area contributed by atoms with Gasteiger partial charge in [0.25, 0.3) is 0 Å². The van der Waals surface area contributed by atoms with Crippen molar-refractivity contribution in [1.29, 1.82) is 0 Å². The molecule has 0 saturated carbocycles. The number of nitrogens with one attached hydrogen (secondary N) is 1. The van der Waals surface area contributed by atoms with E-state index in [1.54, 1.807) is 18.3 Å². The predicted octanol–water partition coefficient (Wildman–Crippen LogP) is 2.63. The second-order valence-corrected chi connectivity index (χ2v) is 6.50. The third kappa shape index (κ3) is 5.22. The number of para-hydroxylation sites is 1. The Morgan fingerprint density at radius 3 is 2.60 bits per heavy atom. The molecule has 2 aromatic rings. The van der Waals surface area contributed by atoms with Crippen molar-refractivity contribution in [3.8, 4) is 0 Å². The Bertz CT molecular complexity index is 735. The summed E-state index contributed by atoms with van der Waals surface area (Å²) in [6.07, 6.45) is 2.89. The quantitative estimate of drug-likeness (QED) is 0.888. The third-order valence-electron chi connectivity index (χ3n) is 4.15. The summed E-state index contributed by atoms with van der Waals surface area (Å²) in [6, 6.07) is 8.70. The fraction of sp³-hybridized carbons (Fsp3) is 0.333. The van der Waals surface area contributed by atoms with E-state index >= 15 is 0 Å². The highest BCUT2D eigenvalue weighted by Gasteiger charge is 2.19. The molecule has 7 heteroatoms. The van der Waals surface area contributed by atoms with E-state index in [4.69, 9.17) is 11.6 Å². The first kappa shape index (κ1) is 17.8. The maximum atomic E-state index is 13.2. The molecule has 0 bridgehead atoms. The SMILES string of the molecule is O=C(CN1CCN(Cc2cncc(F)c2)CC1)Nc1ccccc1Cl. The van der Waals surface area contributed by atoms with Gasteiger partial charge in [0.2, 0.25) is 5.91 Å². The molecule has 1 aliphatic rings. The minimum Gasteiger partial charge on any atom is -0.324 e. The minimum atomic E-state index is -0.313. The molecule has 132 valence electrons. The number of carbonyl (C=O) groups is 1. The van der Waals surface area contributed by atoms with Crippen molar-refractivity contribution in [2.75, 3.05) is 38.0 Å². The van der Waals surface area contributed by atoms with Gasteiger partial charge in [0.1, 0.15) is 5.82 Å². The van der Waals surface area contributed by atoms with Crippen LogP contribution in [0.25, 0.3) is 0 Å². The molecule has 5 nitrogen and oxygen atoms in total. The molecule has 3 rings (SSSR count). The number of amides is 1. The van der Waals surface area contributed by atoms with Gasteiger partial charge >= 0.3 is 0 Å². The summed E-state index contributed by atoms with van der Waals surface area (Å²) in [6.45, 7) is 4.24. The number of benzene rings is 1. The number of rotatable bonds is 5. The molecule has 0 spiro atoms. The molecule has 0 atom stereocenters. The van der Waals surface area contributed by atoms with E-state index in [0.29, 0.717) is 23.8 Å². The molecule has 1 aromatic carbocycles. The molecule has 1 aliphatic heterocycles. The van der Waals surface area contributed by atoms with Gasteiger partial charge in [-0.05, 0) is 23.8 Å². The molecule has 1 aromatic heterocycles. The van der Waals surface area contributed by atoms with Crippen LogP contribution in [0.3, 0.4) is 0 Å². The number of halogens is 2. The van der Waals surface area contributed by atoms with Crippen molar-refractivity contribution in [3.63, 3.8) is 0 Å². The molecule has 1 fully saturated rings. The van der Waals surface area contributed by atoms with Crippen LogP contribution in [0.4, 0.5) is 10.1 Å². The van der Waals surface area contributed by atoms with Crippen LogP contribution in [0.2, 0.25) is 5.02 Å². The third-order valence-corrected chi connectivity index (χ3v) is 4.48. The lowest BCUT2D eigenvalue weighted by Gasteiger charge is -2.34. The van der Waals surface area contributed by atoms with Crippen LogP contribution in [0.15, 0.2) is 42.7 Å². The summed E-state index contributed by atoms with van der Waals surface area (Å²) in [5.41, 5.74) is 1.50. The highest BCUT2D eigenvalue weighted by Crippen LogP contribution is 2.20. The Morgan fingerprint density at radius 2 is 1.88 bits per heavy atom. The van der Waals surface area contributed by atoms with Gasteiger partial charge in [-0.15, -0.1) is 0 Å². The smallest absolute Gasteiger partial charge is 0.238 e. The molecular weight excluding hydrogens is 343 g/mol. The van der Waals surface area contributed by atoms with E-state index in [9.17, 15) is 9.18 Å². The summed E-state index contributed by atoms with van der Waals surface area (Å²) in [5.74, 6) is -0.386. The monoisotopic (exact) mass is 362 g/mol. The van der Waals surface area contributed by atoms with Gasteiger partial charge in [-0.2, -0.15) is 0 Å². The van der Waals surface area contributed by atoms with Gasteiger partial charge in [0, 0.05) is 38.9 Å². The van der Waals surface area contributed by atoms with Gasteiger partial charge in [-0.3, -0.25) is 19.6 Å². The van der Waals surface area contributed by atoms with Crippen LogP contribution in [0.1, 0.15) is 5.56 Å². The molecule has 25 heavy (non-hydrogen) atoms. The van der Waals surface area contributed by atoms with Crippen molar-refractivity contribution in [2.24, 2.45) is 0 Å². The van der Waals surface area contributed by atoms with Crippen LogP contribution < -0.4 is 5.32 Å². The summed E-state index contributed by atoms with van der Waals surface area (Å²) in [4.78, 5) is 20.4. The number of pyridine rings is 1. The first-order valence-corrected chi connectivity index (χ1v) is 8.56. The molecule has 0 radical (unpaired) electrons. The van der Waals surface area contributed by atoms with Crippen molar-refractivity contribution in [1.82, 2.24) is 14.8 Å². The van der Waals surface area contributed by atoms with Crippen molar-refractivity contribution < 1.29 is 9.18 Å². The summed E-state index contributed by atoms with van der Waals surface area (Å²) in [5, 5.41) is 3.37. The largest absolute Gasteiger partial charge is 0.324 e. The number of aromatic nitrogens is 1. The second-order valence-electron chi connectivity index (χ2n) is 6.09. The first-order valence-electron chi connectivity index (χ1n) is 8.19. The number of nitrogens with zero attached hydrogens (tertiary/aromatic N) is 3. The lowest BCUT2D eigenvalue weighted by atomic mass is 10.2. The number of carbonyl (C=O) groups excluding carboxylic acids is 1. The average Bonchev–Trinajstić information content (AvgIpc) is 2.59. The normalized spacial score (nSPS) is 15.9. The van der Waals surface area contributed by atoms with E-state index < -0.39 is 0 Å². The Morgan fingerprint density at radius 1 is 1.16 bits per heavy atom. The maximum absolute atomic E-state index is 13.2. The number of hydrogen-bond acceptors (Lipinski definition) is 4. The Balaban J connectivity index is 1.44. The maximum Gasteiger partial charge on any atom is 0.238 e. The summed E-state index contributed by atoms with van der Waals surface area (Å²) in [7, 11) is 0. The fourth-order valence-corrected chi connectivity index (χ4v) is 3.04. The number of piperazine rings is 1. The highest BCUT2D eigenvalue weighted by molar-refractivity contribution is 6.33. The van der Waals surface area contributed by atoms with Crippen LogP contribution >= 0.6 is 11.6 Å². The van der Waals surface area contributed by atoms with Crippen molar-refractivity contribution in [3.05, 3.63) is 59.1 Å². The number of hydrogen-bond donors (Lipinski definition) is 1. The van der Waals surface area contributed by atoms with Crippen molar-refractivity contribution >= 4 is 23.2 Å². The molecule has 1 saturated heterocycles. The average molecular weight is 363 g/mol. The molecule has 1 amide bonds. The Hall–Kier alpha value is -2.02. The lowest BCUT2D eigenvalue weighted by Crippen LogP contribution is -2.48. The zero-order chi connectivity index (χ0) is 17.6. The predicted molar refractivity (Wildman–Crippen MR) is 96.0 cm³/mol. The lowest BCUT2D eigenvalue weighted by molar-refractivity contribution is -0.117. The number of anilines is 1. The zero-order valence-corrected chi connectivity index (χ0v) is 14.5. The van der Waals surface area contributed by atoms with Gasteiger partial charge < -0.3 is 5.32 Å². The molecule has 2 heterocycles. The molecule has 0 unspecified atom stereocenters. The zero-order valence-electron chi connectivity index (χ0n) is 13.8. The molecular formula is C18H20ClFN4O. The summed E-state index contributed by atoms with van der Waals surface area (Å²) >= 11 is 6.05. The van der Waals surface area contributed by atoms with E-state index in [-0.39, 0.29) is 11.7 Å². The Kier molecular flexibility index (Phi) is 5.96. The van der Waals surface area contributed by atoms with Crippen LogP contribution in [0, 0.1) is 5.82 Å². The fourth-order valence-electron chi connectivity index (χ4n) is 2.86. The minimum absolute atomic E-state index is 0.0733. The summed E-state index contributed by atoms with van der Waals surface area (Å²) < 4.78 is 13.2. The van der Waals surface area contributed by atoms with Crippen LogP contribution in [-0.2, 0) is 11.3 Å². The second kappa shape index (κ2) is 8.38. The topological polar surface area (TPSA) is 48.5 Å². The van der Waals surface area contributed by atoms with Crippen molar-refractivity contribution in [2.45, 2.75) is 6.54 Å².